The Bertz CT molecular complexity index is 855. The summed E-state index contributed by atoms with van der Waals surface area (Å²) >= 11 is 0. The maximum atomic E-state index is 5.34. The Morgan fingerprint density at radius 3 is 2.70 bits per heavy atom. The first kappa shape index (κ1) is 14.9. The van der Waals surface area contributed by atoms with E-state index in [9.17, 15) is 0 Å². The van der Waals surface area contributed by atoms with Crippen LogP contribution in [0.2, 0.25) is 0 Å². The Balaban J connectivity index is 1.82. The third kappa shape index (κ3) is 2.96. The molecule has 0 atom stereocenters. The molecular formula is C17H18N4O2. The zero-order chi connectivity index (χ0) is 16.2. The number of aryl methyl sites for hydroxylation is 1. The number of nitrogens with zero attached hydrogens (tertiary/aromatic N) is 3. The molecule has 0 unspecified atom stereocenters. The minimum atomic E-state index is 0.676. The van der Waals surface area contributed by atoms with E-state index in [0.29, 0.717) is 11.7 Å². The molecule has 3 rings (SSSR count). The highest BCUT2D eigenvalue weighted by Crippen LogP contribution is 2.23. The SMILES string of the molecule is COc1ccc(/C=N\Nc2nc3ccccc3n2C)c(OC)c1. The second-order valence-corrected chi connectivity index (χ2v) is 4.96. The van der Waals surface area contributed by atoms with Crippen LogP contribution in [0.5, 0.6) is 11.5 Å². The molecule has 23 heavy (non-hydrogen) atoms. The lowest BCUT2D eigenvalue weighted by Crippen LogP contribution is -1.99. The van der Waals surface area contributed by atoms with Gasteiger partial charge >= 0.3 is 0 Å². The number of anilines is 1. The topological polar surface area (TPSA) is 60.7 Å². The molecule has 1 heterocycles. The molecule has 0 aliphatic rings. The summed E-state index contributed by atoms with van der Waals surface area (Å²) in [5, 5.41) is 4.25. The van der Waals surface area contributed by atoms with Crippen molar-refractivity contribution in [2.75, 3.05) is 19.6 Å². The average Bonchev–Trinajstić information content (AvgIpc) is 2.91. The normalized spacial score (nSPS) is 11.1. The summed E-state index contributed by atoms with van der Waals surface area (Å²) in [5.74, 6) is 2.11. The molecule has 0 radical (unpaired) electrons. The van der Waals surface area contributed by atoms with Crippen molar-refractivity contribution in [2.24, 2.45) is 12.1 Å². The van der Waals surface area contributed by atoms with Gasteiger partial charge in [0.15, 0.2) is 0 Å². The Morgan fingerprint density at radius 1 is 1.13 bits per heavy atom. The lowest BCUT2D eigenvalue weighted by molar-refractivity contribution is 0.394. The number of rotatable bonds is 5. The lowest BCUT2D eigenvalue weighted by Gasteiger charge is -2.07. The Morgan fingerprint density at radius 2 is 1.96 bits per heavy atom. The number of ether oxygens (including phenoxy) is 2. The quantitative estimate of drug-likeness (QED) is 0.581. The van der Waals surface area contributed by atoms with Crippen LogP contribution >= 0.6 is 0 Å². The lowest BCUT2D eigenvalue weighted by atomic mass is 10.2. The fourth-order valence-electron chi connectivity index (χ4n) is 2.33. The van der Waals surface area contributed by atoms with E-state index in [1.54, 1.807) is 20.4 Å². The fourth-order valence-corrected chi connectivity index (χ4v) is 2.33. The number of hydrogen-bond acceptors (Lipinski definition) is 5. The zero-order valence-corrected chi connectivity index (χ0v) is 13.3. The van der Waals surface area contributed by atoms with Crippen LogP contribution in [-0.2, 0) is 7.05 Å². The molecule has 1 N–H and O–H groups in total. The summed E-state index contributed by atoms with van der Waals surface area (Å²) < 4.78 is 12.5. The molecule has 3 aromatic rings. The van der Waals surface area contributed by atoms with Crippen molar-refractivity contribution in [1.82, 2.24) is 9.55 Å². The van der Waals surface area contributed by atoms with E-state index in [2.05, 4.69) is 15.5 Å². The van der Waals surface area contributed by atoms with Gasteiger partial charge in [-0.05, 0) is 24.3 Å². The number of nitrogens with one attached hydrogen (secondary N) is 1. The Hall–Kier alpha value is -3.02. The molecule has 0 spiro atoms. The molecule has 1 aromatic heterocycles. The molecule has 0 aliphatic carbocycles. The van der Waals surface area contributed by atoms with E-state index in [-0.39, 0.29) is 0 Å². The second-order valence-electron chi connectivity index (χ2n) is 4.96. The Kier molecular flexibility index (Phi) is 4.14. The second kappa shape index (κ2) is 6.39. The van der Waals surface area contributed by atoms with Crippen molar-refractivity contribution in [2.45, 2.75) is 0 Å². The van der Waals surface area contributed by atoms with Gasteiger partial charge in [0, 0.05) is 18.7 Å². The third-order valence-corrected chi connectivity index (χ3v) is 3.60. The highest BCUT2D eigenvalue weighted by Gasteiger charge is 2.06. The minimum Gasteiger partial charge on any atom is -0.497 e. The summed E-state index contributed by atoms with van der Waals surface area (Å²) in [5.41, 5.74) is 5.79. The minimum absolute atomic E-state index is 0.676. The van der Waals surface area contributed by atoms with E-state index in [1.807, 2.05) is 54.1 Å². The predicted octanol–water partition coefficient (Wildman–Crippen LogP) is 3.04. The van der Waals surface area contributed by atoms with Gasteiger partial charge in [-0.1, -0.05) is 12.1 Å². The first-order valence-corrected chi connectivity index (χ1v) is 7.15. The molecule has 118 valence electrons. The first-order chi connectivity index (χ1) is 11.2. The smallest absolute Gasteiger partial charge is 0.224 e. The molecule has 0 amide bonds. The standard InChI is InChI=1S/C17H18N4O2/c1-21-15-7-5-4-6-14(15)19-17(21)20-18-11-12-8-9-13(22-2)10-16(12)23-3/h4-11H,1-3H3,(H,19,20)/b18-11-. The molecule has 6 heteroatoms. The van der Waals surface area contributed by atoms with Gasteiger partial charge in [0.2, 0.25) is 5.95 Å². The van der Waals surface area contributed by atoms with E-state index in [1.165, 1.54) is 0 Å². The van der Waals surface area contributed by atoms with Gasteiger partial charge in [-0.3, -0.25) is 0 Å². The number of para-hydroxylation sites is 2. The summed E-state index contributed by atoms with van der Waals surface area (Å²) in [7, 11) is 5.18. The van der Waals surface area contributed by atoms with Crippen molar-refractivity contribution in [3.05, 3.63) is 48.0 Å². The van der Waals surface area contributed by atoms with Crippen LogP contribution in [0.25, 0.3) is 11.0 Å². The molecule has 0 aliphatic heterocycles. The van der Waals surface area contributed by atoms with Crippen LogP contribution in [0.15, 0.2) is 47.6 Å². The van der Waals surface area contributed by atoms with Crippen molar-refractivity contribution in [1.29, 1.82) is 0 Å². The number of fused-ring (bicyclic) bond motifs is 1. The van der Waals surface area contributed by atoms with Crippen molar-refractivity contribution in [3.8, 4) is 11.5 Å². The highest BCUT2D eigenvalue weighted by atomic mass is 16.5. The monoisotopic (exact) mass is 310 g/mol. The fraction of sp³-hybridized carbons (Fsp3) is 0.176. The van der Waals surface area contributed by atoms with Gasteiger partial charge in [0.1, 0.15) is 11.5 Å². The van der Waals surface area contributed by atoms with E-state index < -0.39 is 0 Å². The molecule has 6 nitrogen and oxygen atoms in total. The highest BCUT2D eigenvalue weighted by molar-refractivity contribution is 5.84. The number of hydrogen-bond donors (Lipinski definition) is 1. The van der Waals surface area contributed by atoms with E-state index in [4.69, 9.17) is 9.47 Å². The first-order valence-electron chi connectivity index (χ1n) is 7.15. The number of imidazole rings is 1. The summed E-state index contributed by atoms with van der Waals surface area (Å²) in [6.07, 6.45) is 1.69. The van der Waals surface area contributed by atoms with Crippen LogP contribution in [0.4, 0.5) is 5.95 Å². The van der Waals surface area contributed by atoms with Crippen LogP contribution in [0.1, 0.15) is 5.56 Å². The zero-order valence-electron chi connectivity index (χ0n) is 13.3. The van der Waals surface area contributed by atoms with Crippen molar-refractivity contribution in [3.63, 3.8) is 0 Å². The largest absolute Gasteiger partial charge is 0.497 e. The summed E-state index contributed by atoms with van der Waals surface area (Å²) in [4.78, 5) is 4.50. The molecule has 0 fully saturated rings. The number of benzene rings is 2. The maximum Gasteiger partial charge on any atom is 0.224 e. The number of hydrazone groups is 1. The predicted molar refractivity (Wildman–Crippen MR) is 91.5 cm³/mol. The van der Waals surface area contributed by atoms with E-state index >= 15 is 0 Å². The maximum absolute atomic E-state index is 5.34. The average molecular weight is 310 g/mol. The van der Waals surface area contributed by atoms with Gasteiger partial charge in [0.25, 0.3) is 0 Å². The van der Waals surface area contributed by atoms with Crippen molar-refractivity contribution >= 4 is 23.2 Å². The van der Waals surface area contributed by atoms with E-state index in [0.717, 1.165) is 22.3 Å². The van der Waals surface area contributed by atoms with Gasteiger partial charge in [-0.2, -0.15) is 5.10 Å². The summed E-state index contributed by atoms with van der Waals surface area (Å²) in [6, 6.07) is 13.5. The van der Waals surface area contributed by atoms with Gasteiger partial charge in [-0.15, -0.1) is 0 Å². The van der Waals surface area contributed by atoms with Crippen LogP contribution in [0.3, 0.4) is 0 Å². The molecular weight excluding hydrogens is 292 g/mol. The molecule has 0 saturated carbocycles. The number of aromatic nitrogens is 2. The molecule has 0 bridgehead atoms. The van der Waals surface area contributed by atoms with Crippen LogP contribution in [-0.4, -0.2) is 30.0 Å². The van der Waals surface area contributed by atoms with Crippen LogP contribution in [0, 0.1) is 0 Å². The van der Waals surface area contributed by atoms with Crippen LogP contribution < -0.4 is 14.9 Å². The third-order valence-electron chi connectivity index (χ3n) is 3.60. The molecule has 2 aromatic carbocycles. The summed E-state index contributed by atoms with van der Waals surface area (Å²) in [6.45, 7) is 0. The van der Waals surface area contributed by atoms with Crippen molar-refractivity contribution < 1.29 is 9.47 Å². The van der Waals surface area contributed by atoms with Gasteiger partial charge in [-0.25, -0.2) is 10.4 Å². The van der Waals surface area contributed by atoms with Gasteiger partial charge < -0.3 is 14.0 Å². The van der Waals surface area contributed by atoms with Gasteiger partial charge in [0.05, 0.1) is 31.5 Å². The Labute approximate surface area is 134 Å². The molecule has 0 saturated heterocycles. The number of methoxy groups -OCH3 is 2.